The van der Waals surface area contributed by atoms with Crippen molar-refractivity contribution >= 4 is 33.2 Å². The molecule has 1 aliphatic heterocycles. The third kappa shape index (κ3) is 5.42. The fraction of sp³-hybridized carbons (Fsp3) is 0.643. The fourth-order valence-electron chi connectivity index (χ4n) is 2.13. The van der Waals surface area contributed by atoms with Crippen LogP contribution < -0.4 is 10.6 Å². The Kier molecular flexibility index (Phi) is 6.82. The summed E-state index contributed by atoms with van der Waals surface area (Å²) in [4.78, 5) is 4.63. The molecule has 2 heterocycles. The van der Waals surface area contributed by atoms with E-state index in [2.05, 4.69) is 49.9 Å². The van der Waals surface area contributed by atoms with Gasteiger partial charge in [0.2, 0.25) is 0 Å². The molecule has 0 aliphatic carbocycles. The molecular formula is C14H22BrN3OS. The van der Waals surface area contributed by atoms with Crippen LogP contribution in [0.4, 0.5) is 0 Å². The molecule has 0 amide bonds. The third-order valence-electron chi connectivity index (χ3n) is 3.28. The molecule has 0 radical (unpaired) electrons. The first-order valence-electron chi connectivity index (χ1n) is 7.10. The van der Waals surface area contributed by atoms with Crippen LogP contribution >= 0.6 is 27.3 Å². The molecule has 0 saturated carbocycles. The molecule has 112 valence electrons. The van der Waals surface area contributed by atoms with E-state index in [0.29, 0.717) is 12.5 Å². The van der Waals surface area contributed by atoms with Gasteiger partial charge < -0.3 is 15.4 Å². The second kappa shape index (κ2) is 8.64. The van der Waals surface area contributed by atoms with Gasteiger partial charge in [0, 0.05) is 26.3 Å². The normalized spacial score (nSPS) is 17.2. The molecule has 0 spiro atoms. The zero-order valence-corrected chi connectivity index (χ0v) is 14.2. The van der Waals surface area contributed by atoms with E-state index in [-0.39, 0.29) is 0 Å². The van der Waals surface area contributed by atoms with Gasteiger partial charge in [0.25, 0.3) is 0 Å². The summed E-state index contributed by atoms with van der Waals surface area (Å²) in [6.07, 6.45) is 2.29. The highest BCUT2D eigenvalue weighted by Gasteiger charge is 2.13. The highest BCUT2D eigenvalue weighted by molar-refractivity contribution is 9.11. The molecule has 1 aromatic rings. The number of hydrogen-bond acceptors (Lipinski definition) is 3. The van der Waals surface area contributed by atoms with Crippen LogP contribution in [0.25, 0.3) is 0 Å². The fourth-order valence-corrected chi connectivity index (χ4v) is 3.33. The number of ether oxygens (including phenoxy) is 1. The molecule has 2 rings (SSSR count). The minimum absolute atomic E-state index is 0.697. The lowest BCUT2D eigenvalue weighted by atomic mass is 10.0. The summed E-state index contributed by atoms with van der Waals surface area (Å²) in [5.41, 5.74) is 1.24. The molecule has 6 heteroatoms. The maximum Gasteiger partial charge on any atom is 0.191 e. The van der Waals surface area contributed by atoms with Crippen molar-refractivity contribution < 1.29 is 4.74 Å². The van der Waals surface area contributed by atoms with Gasteiger partial charge >= 0.3 is 0 Å². The summed E-state index contributed by atoms with van der Waals surface area (Å²) in [5.74, 6) is 1.60. The Bertz CT molecular complexity index is 430. The topological polar surface area (TPSA) is 45.7 Å². The predicted molar refractivity (Wildman–Crippen MR) is 88.4 cm³/mol. The number of halogens is 1. The Labute approximate surface area is 133 Å². The van der Waals surface area contributed by atoms with Crippen molar-refractivity contribution in [2.24, 2.45) is 10.9 Å². The summed E-state index contributed by atoms with van der Waals surface area (Å²) in [6.45, 7) is 6.44. The SMILES string of the molecule is CCNC(=NCc1csc(Br)c1)NCC1CCOCC1. The number of rotatable bonds is 5. The van der Waals surface area contributed by atoms with Crippen LogP contribution in [-0.2, 0) is 11.3 Å². The zero-order valence-electron chi connectivity index (χ0n) is 11.8. The van der Waals surface area contributed by atoms with Crippen molar-refractivity contribution in [1.29, 1.82) is 0 Å². The highest BCUT2D eigenvalue weighted by Crippen LogP contribution is 2.21. The number of guanidine groups is 1. The third-order valence-corrected chi connectivity index (χ3v) is 4.84. The Morgan fingerprint density at radius 1 is 1.45 bits per heavy atom. The van der Waals surface area contributed by atoms with Gasteiger partial charge in [-0.1, -0.05) is 0 Å². The van der Waals surface area contributed by atoms with Crippen molar-refractivity contribution in [2.75, 3.05) is 26.3 Å². The van der Waals surface area contributed by atoms with Crippen LogP contribution in [0.3, 0.4) is 0 Å². The van der Waals surface area contributed by atoms with Crippen LogP contribution in [0.2, 0.25) is 0 Å². The van der Waals surface area contributed by atoms with Gasteiger partial charge in [-0.25, -0.2) is 4.99 Å². The van der Waals surface area contributed by atoms with Crippen molar-refractivity contribution in [3.63, 3.8) is 0 Å². The van der Waals surface area contributed by atoms with Crippen molar-refractivity contribution in [2.45, 2.75) is 26.3 Å². The van der Waals surface area contributed by atoms with Gasteiger partial charge in [-0.2, -0.15) is 0 Å². The lowest BCUT2D eigenvalue weighted by molar-refractivity contribution is 0.0675. The van der Waals surface area contributed by atoms with Crippen LogP contribution in [0, 0.1) is 5.92 Å². The van der Waals surface area contributed by atoms with Gasteiger partial charge in [0.15, 0.2) is 5.96 Å². The molecule has 2 N–H and O–H groups in total. The van der Waals surface area contributed by atoms with Gasteiger partial charge in [-0.05, 0) is 58.6 Å². The lowest BCUT2D eigenvalue weighted by Crippen LogP contribution is -2.40. The number of nitrogens with one attached hydrogen (secondary N) is 2. The number of hydrogen-bond donors (Lipinski definition) is 2. The first kappa shape index (κ1) is 15.8. The molecule has 1 aliphatic rings. The van der Waals surface area contributed by atoms with E-state index in [9.17, 15) is 0 Å². The largest absolute Gasteiger partial charge is 0.381 e. The molecule has 4 nitrogen and oxygen atoms in total. The van der Waals surface area contributed by atoms with E-state index in [0.717, 1.165) is 48.9 Å². The van der Waals surface area contributed by atoms with Crippen molar-refractivity contribution in [3.05, 3.63) is 20.8 Å². The lowest BCUT2D eigenvalue weighted by Gasteiger charge is -2.23. The Morgan fingerprint density at radius 2 is 2.25 bits per heavy atom. The molecule has 0 bridgehead atoms. The van der Waals surface area contributed by atoms with Gasteiger partial charge in [0.1, 0.15) is 0 Å². The molecule has 1 saturated heterocycles. The quantitative estimate of drug-likeness (QED) is 0.627. The zero-order chi connectivity index (χ0) is 14.2. The molecule has 0 atom stereocenters. The monoisotopic (exact) mass is 359 g/mol. The Hall–Kier alpha value is -0.590. The van der Waals surface area contributed by atoms with Crippen LogP contribution in [0.1, 0.15) is 25.3 Å². The molecule has 1 fully saturated rings. The van der Waals surface area contributed by atoms with Crippen LogP contribution in [-0.4, -0.2) is 32.3 Å². The standard InChI is InChI=1S/C14H22BrN3OS/c1-2-16-14(17-8-11-3-5-19-6-4-11)18-9-12-7-13(15)20-10-12/h7,10-11H,2-6,8-9H2,1H3,(H2,16,17,18). The summed E-state index contributed by atoms with van der Waals surface area (Å²) in [5, 5.41) is 8.88. The van der Waals surface area contributed by atoms with Gasteiger partial charge in [-0.15, -0.1) is 11.3 Å². The van der Waals surface area contributed by atoms with Gasteiger partial charge in [0.05, 0.1) is 10.3 Å². The number of thiophene rings is 1. The summed E-state index contributed by atoms with van der Waals surface area (Å²) < 4.78 is 6.54. The Morgan fingerprint density at radius 3 is 2.90 bits per heavy atom. The minimum atomic E-state index is 0.697. The first-order chi connectivity index (χ1) is 9.78. The van der Waals surface area contributed by atoms with Crippen molar-refractivity contribution in [3.8, 4) is 0 Å². The number of aliphatic imine (C=N–C) groups is 1. The van der Waals surface area contributed by atoms with E-state index >= 15 is 0 Å². The summed E-state index contributed by atoms with van der Waals surface area (Å²) >= 11 is 5.18. The second-order valence-electron chi connectivity index (χ2n) is 4.89. The molecule has 0 aromatic carbocycles. The van der Waals surface area contributed by atoms with E-state index in [1.165, 1.54) is 5.56 Å². The first-order valence-corrected chi connectivity index (χ1v) is 8.78. The average Bonchev–Trinajstić information content (AvgIpc) is 2.89. The van der Waals surface area contributed by atoms with E-state index in [1.54, 1.807) is 11.3 Å². The summed E-state index contributed by atoms with van der Waals surface area (Å²) in [6, 6.07) is 2.12. The Balaban J connectivity index is 1.82. The maximum absolute atomic E-state index is 5.38. The molecule has 1 aromatic heterocycles. The smallest absolute Gasteiger partial charge is 0.191 e. The van der Waals surface area contributed by atoms with Gasteiger partial charge in [-0.3, -0.25) is 0 Å². The van der Waals surface area contributed by atoms with E-state index in [4.69, 9.17) is 4.74 Å². The van der Waals surface area contributed by atoms with E-state index < -0.39 is 0 Å². The molecular weight excluding hydrogens is 338 g/mol. The van der Waals surface area contributed by atoms with E-state index in [1.807, 2.05) is 0 Å². The van der Waals surface area contributed by atoms with Crippen LogP contribution in [0.5, 0.6) is 0 Å². The van der Waals surface area contributed by atoms with Crippen LogP contribution in [0.15, 0.2) is 20.2 Å². The summed E-state index contributed by atoms with van der Waals surface area (Å²) in [7, 11) is 0. The predicted octanol–water partition coefficient (Wildman–Crippen LogP) is 2.99. The maximum atomic E-state index is 5.38. The average molecular weight is 360 g/mol. The molecule has 20 heavy (non-hydrogen) atoms. The highest BCUT2D eigenvalue weighted by atomic mass is 79.9. The number of nitrogens with zero attached hydrogens (tertiary/aromatic N) is 1. The minimum Gasteiger partial charge on any atom is -0.381 e. The second-order valence-corrected chi connectivity index (χ2v) is 7.18. The van der Waals surface area contributed by atoms with Crippen molar-refractivity contribution in [1.82, 2.24) is 10.6 Å². The molecule has 0 unspecified atom stereocenters.